The smallest absolute Gasteiger partial charge is 0.255 e. The Morgan fingerprint density at radius 3 is 3.05 bits per heavy atom. The number of hydrogen-bond donors (Lipinski definition) is 1. The Kier molecular flexibility index (Phi) is 3.29. The SMILES string of the molecule is CC1CCN(C(=O)c2csc3ccccc23)C1CO. The minimum absolute atomic E-state index is 0.0360. The number of thiophene rings is 1. The molecule has 1 aliphatic rings. The summed E-state index contributed by atoms with van der Waals surface area (Å²) in [6, 6.07) is 7.94. The number of carbonyl (C=O) groups excluding carboxylic acids is 1. The molecule has 3 nitrogen and oxygen atoms in total. The van der Waals surface area contributed by atoms with Crippen LogP contribution in [0.4, 0.5) is 0 Å². The zero-order chi connectivity index (χ0) is 13.4. The van der Waals surface area contributed by atoms with Crippen molar-refractivity contribution in [2.45, 2.75) is 19.4 Å². The van der Waals surface area contributed by atoms with Crippen LogP contribution in [0.15, 0.2) is 29.6 Å². The molecule has 2 atom stereocenters. The summed E-state index contributed by atoms with van der Waals surface area (Å²) >= 11 is 1.60. The van der Waals surface area contributed by atoms with E-state index in [-0.39, 0.29) is 18.6 Å². The third-order valence-electron chi connectivity index (χ3n) is 4.04. The fourth-order valence-electron chi connectivity index (χ4n) is 2.84. The van der Waals surface area contributed by atoms with E-state index >= 15 is 0 Å². The predicted octanol–water partition coefficient (Wildman–Crippen LogP) is 2.74. The summed E-state index contributed by atoms with van der Waals surface area (Å²) in [5.74, 6) is 0.430. The largest absolute Gasteiger partial charge is 0.394 e. The van der Waals surface area contributed by atoms with E-state index in [1.54, 1.807) is 11.3 Å². The molecule has 4 heteroatoms. The maximum atomic E-state index is 12.7. The second-order valence-corrected chi connectivity index (χ2v) is 6.07. The van der Waals surface area contributed by atoms with Crippen LogP contribution in [0.2, 0.25) is 0 Å². The van der Waals surface area contributed by atoms with Crippen molar-refractivity contribution in [1.29, 1.82) is 0 Å². The Bertz CT molecular complexity index is 607. The highest BCUT2D eigenvalue weighted by Gasteiger charge is 2.34. The van der Waals surface area contributed by atoms with E-state index in [1.165, 1.54) is 0 Å². The quantitative estimate of drug-likeness (QED) is 0.915. The zero-order valence-corrected chi connectivity index (χ0v) is 11.7. The number of carbonyl (C=O) groups is 1. The summed E-state index contributed by atoms with van der Waals surface area (Å²) in [6.07, 6.45) is 0.971. The third-order valence-corrected chi connectivity index (χ3v) is 5.01. The van der Waals surface area contributed by atoms with Crippen LogP contribution in [0, 0.1) is 5.92 Å². The molecule has 2 unspecified atom stereocenters. The summed E-state index contributed by atoms with van der Waals surface area (Å²) in [4.78, 5) is 14.5. The Balaban J connectivity index is 1.96. The van der Waals surface area contributed by atoms with Crippen molar-refractivity contribution >= 4 is 27.3 Å². The maximum Gasteiger partial charge on any atom is 0.255 e. The van der Waals surface area contributed by atoms with E-state index in [2.05, 4.69) is 6.92 Å². The maximum absolute atomic E-state index is 12.7. The van der Waals surface area contributed by atoms with Crippen LogP contribution >= 0.6 is 11.3 Å². The van der Waals surface area contributed by atoms with Crippen molar-refractivity contribution in [3.63, 3.8) is 0 Å². The van der Waals surface area contributed by atoms with Gasteiger partial charge in [0.15, 0.2) is 0 Å². The molecule has 0 radical (unpaired) electrons. The Hall–Kier alpha value is -1.39. The molecule has 0 saturated carbocycles. The van der Waals surface area contributed by atoms with Gasteiger partial charge in [0, 0.05) is 22.0 Å². The highest BCUT2D eigenvalue weighted by atomic mass is 32.1. The first-order chi connectivity index (χ1) is 9.22. The molecule has 3 rings (SSSR count). The van der Waals surface area contributed by atoms with E-state index < -0.39 is 0 Å². The molecule has 1 N–H and O–H groups in total. The van der Waals surface area contributed by atoms with E-state index in [4.69, 9.17) is 0 Å². The highest BCUT2D eigenvalue weighted by Crippen LogP contribution is 2.30. The molecule has 1 aromatic heterocycles. The zero-order valence-electron chi connectivity index (χ0n) is 10.9. The van der Waals surface area contributed by atoms with Crippen molar-refractivity contribution in [3.05, 3.63) is 35.2 Å². The van der Waals surface area contributed by atoms with Gasteiger partial charge in [-0.15, -0.1) is 11.3 Å². The van der Waals surface area contributed by atoms with Gasteiger partial charge in [0.25, 0.3) is 5.91 Å². The van der Waals surface area contributed by atoms with Gasteiger partial charge in [0.05, 0.1) is 18.2 Å². The van der Waals surface area contributed by atoms with E-state index in [9.17, 15) is 9.90 Å². The number of likely N-dealkylation sites (tertiary alicyclic amines) is 1. The number of nitrogens with zero attached hydrogens (tertiary/aromatic N) is 1. The van der Waals surface area contributed by atoms with Gasteiger partial charge >= 0.3 is 0 Å². The molecular weight excluding hydrogens is 258 g/mol. The molecule has 0 spiro atoms. The van der Waals surface area contributed by atoms with Crippen molar-refractivity contribution in [3.8, 4) is 0 Å². The summed E-state index contributed by atoms with van der Waals surface area (Å²) in [5, 5.41) is 12.4. The van der Waals surface area contributed by atoms with Crippen LogP contribution in [0.5, 0.6) is 0 Å². The highest BCUT2D eigenvalue weighted by molar-refractivity contribution is 7.17. The van der Waals surface area contributed by atoms with Gasteiger partial charge in [-0.1, -0.05) is 25.1 Å². The van der Waals surface area contributed by atoms with Gasteiger partial charge in [-0.3, -0.25) is 4.79 Å². The summed E-state index contributed by atoms with van der Waals surface area (Å²) < 4.78 is 1.14. The molecule has 19 heavy (non-hydrogen) atoms. The van der Waals surface area contributed by atoms with Gasteiger partial charge in [-0.05, 0) is 18.4 Å². The van der Waals surface area contributed by atoms with Crippen LogP contribution in [0.1, 0.15) is 23.7 Å². The Morgan fingerprint density at radius 1 is 1.47 bits per heavy atom. The molecule has 1 aromatic carbocycles. The standard InChI is InChI=1S/C15H17NO2S/c1-10-6-7-16(13(10)8-17)15(18)12-9-19-14-5-3-2-4-11(12)14/h2-5,9-10,13,17H,6-8H2,1H3. The van der Waals surface area contributed by atoms with Gasteiger partial charge in [-0.2, -0.15) is 0 Å². The third kappa shape index (κ3) is 2.05. The van der Waals surface area contributed by atoms with Crippen LogP contribution in [0.3, 0.4) is 0 Å². The van der Waals surface area contributed by atoms with E-state index in [0.29, 0.717) is 5.92 Å². The normalized spacial score (nSPS) is 23.2. The lowest BCUT2D eigenvalue weighted by atomic mass is 10.0. The van der Waals surface area contributed by atoms with Crippen LogP contribution in [-0.2, 0) is 0 Å². The minimum Gasteiger partial charge on any atom is -0.394 e. The van der Waals surface area contributed by atoms with Crippen molar-refractivity contribution in [2.24, 2.45) is 5.92 Å². The first-order valence-electron chi connectivity index (χ1n) is 6.60. The average Bonchev–Trinajstić information content (AvgIpc) is 3.01. The average molecular weight is 275 g/mol. The number of amides is 1. The fraction of sp³-hybridized carbons (Fsp3) is 0.400. The summed E-state index contributed by atoms with van der Waals surface area (Å²) in [7, 11) is 0. The van der Waals surface area contributed by atoms with Gasteiger partial charge < -0.3 is 10.0 Å². The molecule has 2 aromatic rings. The Morgan fingerprint density at radius 2 is 2.26 bits per heavy atom. The van der Waals surface area contributed by atoms with E-state index in [1.807, 2.05) is 34.5 Å². The van der Waals surface area contributed by atoms with Crippen LogP contribution < -0.4 is 0 Å². The molecule has 2 heterocycles. The lowest BCUT2D eigenvalue weighted by Crippen LogP contribution is -2.39. The number of benzene rings is 1. The predicted molar refractivity (Wildman–Crippen MR) is 77.5 cm³/mol. The molecule has 1 aliphatic heterocycles. The monoisotopic (exact) mass is 275 g/mol. The second-order valence-electron chi connectivity index (χ2n) is 5.16. The number of hydrogen-bond acceptors (Lipinski definition) is 3. The molecule has 1 fully saturated rings. The second kappa shape index (κ2) is 4.94. The van der Waals surface area contributed by atoms with Gasteiger partial charge in [0.1, 0.15) is 0 Å². The van der Waals surface area contributed by atoms with Crippen molar-refractivity contribution in [1.82, 2.24) is 4.90 Å². The summed E-state index contributed by atoms with van der Waals surface area (Å²) in [6.45, 7) is 2.89. The first-order valence-corrected chi connectivity index (χ1v) is 7.48. The van der Waals surface area contributed by atoms with Crippen LogP contribution in [-0.4, -0.2) is 35.1 Å². The van der Waals surface area contributed by atoms with Crippen molar-refractivity contribution < 1.29 is 9.90 Å². The first kappa shape index (κ1) is 12.6. The lowest BCUT2D eigenvalue weighted by Gasteiger charge is -2.25. The van der Waals surface area contributed by atoms with Gasteiger partial charge in [-0.25, -0.2) is 0 Å². The van der Waals surface area contributed by atoms with E-state index in [0.717, 1.165) is 28.6 Å². The summed E-state index contributed by atoms with van der Waals surface area (Å²) in [5.41, 5.74) is 0.771. The minimum atomic E-state index is -0.0360. The fourth-order valence-corrected chi connectivity index (χ4v) is 3.77. The topological polar surface area (TPSA) is 40.5 Å². The number of rotatable bonds is 2. The molecule has 0 aliphatic carbocycles. The molecular formula is C15H17NO2S. The molecule has 1 saturated heterocycles. The number of aliphatic hydroxyl groups excluding tert-OH is 1. The van der Waals surface area contributed by atoms with Crippen molar-refractivity contribution in [2.75, 3.05) is 13.2 Å². The number of fused-ring (bicyclic) bond motifs is 1. The van der Waals surface area contributed by atoms with Crippen LogP contribution in [0.25, 0.3) is 10.1 Å². The number of aliphatic hydroxyl groups is 1. The molecule has 100 valence electrons. The lowest BCUT2D eigenvalue weighted by molar-refractivity contribution is 0.0650. The molecule has 0 bridgehead atoms. The Labute approximate surface area is 116 Å². The molecule has 1 amide bonds. The van der Waals surface area contributed by atoms with Gasteiger partial charge in [0.2, 0.25) is 0 Å².